The van der Waals surface area contributed by atoms with Crippen molar-refractivity contribution in [3.63, 3.8) is 0 Å². The van der Waals surface area contributed by atoms with Gasteiger partial charge in [0.05, 0.1) is 11.7 Å². The van der Waals surface area contributed by atoms with Gasteiger partial charge in [0, 0.05) is 9.64 Å². The van der Waals surface area contributed by atoms with Crippen molar-refractivity contribution >= 4 is 28.3 Å². The Morgan fingerprint density at radius 2 is 1.89 bits per heavy atom. The second kappa shape index (κ2) is 15.1. The molecule has 0 radical (unpaired) electrons. The van der Waals surface area contributed by atoms with E-state index in [0.29, 0.717) is 28.7 Å². The van der Waals surface area contributed by atoms with Gasteiger partial charge in [-0.15, -0.1) is 0 Å². The fourth-order valence-corrected chi connectivity index (χ4v) is 6.74. The van der Waals surface area contributed by atoms with E-state index in [-0.39, 0.29) is 0 Å². The molecule has 2 aliphatic rings. The first-order valence-corrected chi connectivity index (χ1v) is 16.3. The Bertz CT molecular complexity index is 836. The van der Waals surface area contributed by atoms with E-state index in [2.05, 4.69) is 120 Å². The van der Waals surface area contributed by atoms with Crippen LogP contribution in [0.15, 0.2) is 53.3 Å². The summed E-state index contributed by atoms with van der Waals surface area (Å²) in [4.78, 5) is 0. The predicted octanol–water partition coefficient (Wildman–Crippen LogP) is 11.1. The predicted molar refractivity (Wildman–Crippen MR) is 174 cm³/mol. The lowest BCUT2D eigenvalue weighted by Crippen LogP contribution is -2.35. The maximum atomic E-state index is 5.00. The summed E-state index contributed by atoms with van der Waals surface area (Å²) in [6, 6.07) is 0.409. The van der Waals surface area contributed by atoms with Crippen LogP contribution in [0.25, 0.3) is 0 Å². The van der Waals surface area contributed by atoms with Crippen LogP contribution >= 0.6 is 22.6 Å². The van der Waals surface area contributed by atoms with Crippen molar-refractivity contribution in [1.82, 2.24) is 5.01 Å². The topological polar surface area (TPSA) is 15.6 Å². The summed E-state index contributed by atoms with van der Waals surface area (Å²) in [7, 11) is 0. The normalized spacial score (nSPS) is 22.8. The van der Waals surface area contributed by atoms with Crippen LogP contribution in [0.4, 0.5) is 0 Å². The molecule has 0 aromatic carbocycles. The van der Waals surface area contributed by atoms with Gasteiger partial charge in [0.1, 0.15) is 0 Å². The minimum absolute atomic E-state index is 0.409. The quantitative estimate of drug-likeness (QED) is 0.0770. The van der Waals surface area contributed by atoms with E-state index in [0.717, 1.165) is 28.9 Å². The number of rotatable bonds is 15. The molecule has 2 nitrogen and oxygen atoms in total. The maximum absolute atomic E-state index is 5.00. The van der Waals surface area contributed by atoms with Gasteiger partial charge in [0.25, 0.3) is 0 Å². The SMILES string of the molecule is C=C(/C=C/C(C)[C@@H](C)/C=C/C)N1N=C(C)CCC1C/C(=C/CCC)CC(I)CCC1(CC(C)(C)C)CC1. The number of allylic oxidation sites excluding steroid dienone is 5. The summed E-state index contributed by atoms with van der Waals surface area (Å²) in [5, 5.41) is 7.25. The first-order chi connectivity index (χ1) is 17.4. The second-order valence-electron chi connectivity index (χ2n) is 13.4. The Morgan fingerprint density at radius 1 is 1.22 bits per heavy atom. The average molecular weight is 621 g/mol. The third-order valence-corrected chi connectivity index (χ3v) is 9.29. The van der Waals surface area contributed by atoms with Crippen LogP contribution in [0.5, 0.6) is 0 Å². The number of hydrogen-bond acceptors (Lipinski definition) is 2. The van der Waals surface area contributed by atoms with Crippen molar-refractivity contribution in [2.75, 3.05) is 0 Å². The molecule has 0 aromatic rings. The summed E-state index contributed by atoms with van der Waals surface area (Å²) in [6.45, 7) is 22.8. The molecule has 1 aliphatic heterocycles. The van der Waals surface area contributed by atoms with Crippen LogP contribution in [0.3, 0.4) is 0 Å². The molecule has 210 valence electrons. The van der Waals surface area contributed by atoms with Crippen molar-refractivity contribution in [1.29, 1.82) is 0 Å². The van der Waals surface area contributed by atoms with Crippen LogP contribution in [0.1, 0.15) is 126 Å². The standard InChI is InChI=1S/C34H57IN2/c1-10-12-14-30(23-31(35)19-20-34(21-22-34)25-33(7,8)9)24-32-18-16-28(5)36-37(32)29(6)17-15-27(4)26(3)13-11-2/h11,13-15,17,26-27,31-32H,6,10,12,16,18-25H2,1-5,7-9H3/b13-11+,17-15+,30-14+/t26-,27?,31?,32?/m0/s1. The van der Waals surface area contributed by atoms with Crippen molar-refractivity contribution in [2.24, 2.45) is 27.8 Å². The zero-order chi connectivity index (χ0) is 27.6. The van der Waals surface area contributed by atoms with Gasteiger partial charge in [0.15, 0.2) is 0 Å². The van der Waals surface area contributed by atoms with Gasteiger partial charge in [-0.05, 0) is 107 Å². The van der Waals surface area contributed by atoms with E-state index < -0.39 is 0 Å². The van der Waals surface area contributed by atoms with Crippen molar-refractivity contribution in [3.8, 4) is 0 Å². The largest absolute Gasteiger partial charge is 0.263 e. The third kappa shape index (κ3) is 11.8. The van der Waals surface area contributed by atoms with Gasteiger partial charge in [-0.2, -0.15) is 5.10 Å². The average Bonchev–Trinajstić information content (AvgIpc) is 3.58. The first kappa shape index (κ1) is 32.4. The highest BCUT2D eigenvalue weighted by atomic mass is 127. The van der Waals surface area contributed by atoms with Crippen molar-refractivity contribution in [3.05, 3.63) is 48.2 Å². The molecule has 2 rings (SSSR count). The summed E-state index contributed by atoms with van der Waals surface area (Å²) < 4.78 is 0.720. The number of hydrazone groups is 1. The second-order valence-corrected chi connectivity index (χ2v) is 15.2. The molecule has 4 atom stereocenters. The molecule has 1 saturated carbocycles. The van der Waals surface area contributed by atoms with E-state index in [9.17, 15) is 0 Å². The van der Waals surface area contributed by atoms with Gasteiger partial charge >= 0.3 is 0 Å². The molecule has 1 aliphatic carbocycles. The number of unbranched alkanes of at least 4 members (excludes halogenated alkanes) is 1. The Morgan fingerprint density at radius 3 is 2.49 bits per heavy atom. The Hall–Kier alpha value is -0.840. The number of hydrogen-bond donors (Lipinski definition) is 0. The van der Waals surface area contributed by atoms with Gasteiger partial charge in [-0.3, -0.25) is 5.01 Å². The molecule has 0 bridgehead atoms. The first-order valence-electron chi connectivity index (χ1n) is 15.0. The molecule has 0 N–H and O–H groups in total. The van der Waals surface area contributed by atoms with Crippen molar-refractivity contribution < 1.29 is 0 Å². The monoisotopic (exact) mass is 620 g/mol. The molecule has 37 heavy (non-hydrogen) atoms. The summed E-state index contributed by atoms with van der Waals surface area (Å²) >= 11 is 2.75. The fourth-order valence-electron chi connectivity index (χ4n) is 5.86. The van der Waals surface area contributed by atoms with E-state index >= 15 is 0 Å². The van der Waals surface area contributed by atoms with E-state index in [1.54, 1.807) is 5.57 Å². The molecular weight excluding hydrogens is 563 g/mol. The minimum atomic E-state index is 0.409. The zero-order valence-corrected chi connectivity index (χ0v) is 27.6. The number of halogens is 1. The fraction of sp³-hybridized carbons (Fsp3) is 0.735. The lowest BCUT2D eigenvalue weighted by atomic mass is 9.80. The third-order valence-electron chi connectivity index (χ3n) is 8.23. The molecule has 0 aromatic heterocycles. The summed E-state index contributed by atoms with van der Waals surface area (Å²) in [6.07, 6.45) is 25.5. The smallest absolute Gasteiger partial charge is 0.0566 e. The molecule has 1 heterocycles. The minimum Gasteiger partial charge on any atom is -0.263 e. The number of alkyl halides is 1. The molecular formula is C34H57IN2. The molecule has 0 saturated heterocycles. The molecule has 3 heteroatoms. The Balaban J connectivity index is 2.04. The highest BCUT2D eigenvalue weighted by Gasteiger charge is 2.44. The number of nitrogens with zero attached hydrogens (tertiary/aromatic N) is 2. The van der Waals surface area contributed by atoms with Crippen LogP contribution < -0.4 is 0 Å². The van der Waals surface area contributed by atoms with E-state index in [4.69, 9.17) is 5.10 Å². The lowest BCUT2D eigenvalue weighted by Gasteiger charge is -2.35. The Labute approximate surface area is 244 Å². The van der Waals surface area contributed by atoms with Gasteiger partial charge in [0.2, 0.25) is 0 Å². The van der Waals surface area contributed by atoms with E-state index in [1.807, 2.05) is 0 Å². The highest BCUT2D eigenvalue weighted by molar-refractivity contribution is 14.1. The lowest BCUT2D eigenvalue weighted by molar-refractivity contribution is 0.241. The molecule has 3 unspecified atom stereocenters. The summed E-state index contributed by atoms with van der Waals surface area (Å²) in [5.74, 6) is 1.01. The van der Waals surface area contributed by atoms with Gasteiger partial charge < -0.3 is 0 Å². The van der Waals surface area contributed by atoms with Crippen molar-refractivity contribution in [2.45, 2.75) is 136 Å². The van der Waals surface area contributed by atoms with Crippen LogP contribution in [0, 0.1) is 22.7 Å². The van der Waals surface area contributed by atoms with Gasteiger partial charge in [-0.25, -0.2) is 0 Å². The van der Waals surface area contributed by atoms with Crippen LogP contribution in [0.2, 0.25) is 0 Å². The maximum Gasteiger partial charge on any atom is 0.0566 e. The molecule has 1 fully saturated rings. The van der Waals surface area contributed by atoms with E-state index in [1.165, 1.54) is 57.1 Å². The zero-order valence-electron chi connectivity index (χ0n) is 25.5. The molecule has 0 spiro atoms. The van der Waals surface area contributed by atoms with Gasteiger partial charge in [-0.1, -0.05) is 107 Å². The van der Waals surface area contributed by atoms with Crippen LogP contribution in [-0.2, 0) is 0 Å². The highest BCUT2D eigenvalue weighted by Crippen LogP contribution is 2.57. The Kier molecular flexibility index (Phi) is 13.2. The van der Waals surface area contributed by atoms with Crippen LogP contribution in [-0.4, -0.2) is 20.7 Å². The summed E-state index contributed by atoms with van der Waals surface area (Å²) in [5.41, 5.74) is 4.99. The molecule has 0 amide bonds.